The Morgan fingerprint density at radius 3 is 3.00 bits per heavy atom. The van der Waals surface area contributed by atoms with Crippen molar-refractivity contribution in [3.05, 3.63) is 63.0 Å². The van der Waals surface area contributed by atoms with Crippen molar-refractivity contribution >= 4 is 30.0 Å². The lowest BCUT2D eigenvalue weighted by Crippen LogP contribution is -1.97. The summed E-state index contributed by atoms with van der Waals surface area (Å²) < 4.78 is 13.4. The number of rotatable bonds is 6. The van der Waals surface area contributed by atoms with Gasteiger partial charge in [0.25, 0.3) is 0 Å². The first-order valence-corrected chi connectivity index (χ1v) is 8.53. The monoisotopic (exact) mass is 376 g/mol. The number of ether oxygens (including phenoxy) is 1. The van der Waals surface area contributed by atoms with Gasteiger partial charge in [0.2, 0.25) is 4.77 Å². The maximum absolute atomic E-state index is 6.01. The number of furan rings is 1. The number of halogens is 1. The second-order valence-electron chi connectivity index (χ2n) is 5.36. The number of H-pyrrole nitrogens is 1. The fourth-order valence-electron chi connectivity index (χ4n) is 2.19. The molecule has 2 aromatic heterocycles. The van der Waals surface area contributed by atoms with Crippen molar-refractivity contribution in [1.29, 1.82) is 0 Å². The van der Waals surface area contributed by atoms with Gasteiger partial charge in [0.05, 0.1) is 6.21 Å². The molecule has 0 saturated carbocycles. The van der Waals surface area contributed by atoms with Crippen LogP contribution in [0.15, 0.2) is 39.9 Å². The van der Waals surface area contributed by atoms with Gasteiger partial charge in [-0.3, -0.25) is 5.10 Å². The molecule has 3 rings (SSSR count). The summed E-state index contributed by atoms with van der Waals surface area (Å²) in [5, 5.41) is 11.8. The molecule has 0 aliphatic heterocycles. The van der Waals surface area contributed by atoms with Gasteiger partial charge in [-0.2, -0.15) is 14.9 Å². The first kappa shape index (κ1) is 17.4. The van der Waals surface area contributed by atoms with E-state index in [2.05, 4.69) is 15.3 Å². The number of aromatic nitrogens is 3. The summed E-state index contributed by atoms with van der Waals surface area (Å²) in [5.74, 6) is 2.80. The van der Waals surface area contributed by atoms with E-state index < -0.39 is 0 Å². The van der Waals surface area contributed by atoms with E-state index >= 15 is 0 Å². The highest BCUT2D eigenvalue weighted by atomic mass is 35.5. The standard InChI is InChI=1S/C17H17ClN4O2S/c1-3-16-20-21-17(25)22(16)19-9-13-4-5-14(24-13)10-23-12-6-7-15(18)11(2)8-12/h4-9H,3,10H2,1-2H3,(H,21,25). The highest BCUT2D eigenvalue weighted by Gasteiger charge is 2.05. The number of aryl methyl sites for hydroxylation is 2. The quantitative estimate of drug-likeness (QED) is 0.507. The van der Waals surface area contributed by atoms with Crippen LogP contribution in [-0.4, -0.2) is 21.1 Å². The van der Waals surface area contributed by atoms with Crippen LogP contribution in [-0.2, 0) is 13.0 Å². The van der Waals surface area contributed by atoms with Gasteiger partial charge in [0, 0.05) is 11.4 Å². The molecule has 25 heavy (non-hydrogen) atoms. The van der Waals surface area contributed by atoms with E-state index in [1.54, 1.807) is 10.9 Å². The highest BCUT2D eigenvalue weighted by molar-refractivity contribution is 7.71. The lowest BCUT2D eigenvalue weighted by Gasteiger charge is -2.05. The highest BCUT2D eigenvalue weighted by Crippen LogP contribution is 2.22. The normalized spacial score (nSPS) is 11.3. The Bertz CT molecular complexity index is 958. The third-order valence-electron chi connectivity index (χ3n) is 3.53. The smallest absolute Gasteiger partial charge is 0.216 e. The molecule has 1 aromatic carbocycles. The predicted molar refractivity (Wildman–Crippen MR) is 99.0 cm³/mol. The van der Waals surface area contributed by atoms with Crippen LogP contribution in [0.2, 0.25) is 5.02 Å². The summed E-state index contributed by atoms with van der Waals surface area (Å²) in [5.41, 5.74) is 0.968. The molecule has 0 spiro atoms. The Morgan fingerprint density at radius 1 is 1.40 bits per heavy atom. The van der Waals surface area contributed by atoms with Gasteiger partial charge in [-0.05, 0) is 55.0 Å². The largest absolute Gasteiger partial charge is 0.486 e. The predicted octanol–water partition coefficient (Wildman–Crippen LogP) is 4.52. The Kier molecular flexibility index (Phi) is 5.35. The van der Waals surface area contributed by atoms with Crippen LogP contribution in [0.4, 0.5) is 0 Å². The van der Waals surface area contributed by atoms with E-state index in [4.69, 9.17) is 33.0 Å². The average molecular weight is 377 g/mol. The van der Waals surface area contributed by atoms with Gasteiger partial charge < -0.3 is 9.15 Å². The van der Waals surface area contributed by atoms with Crippen molar-refractivity contribution in [3.63, 3.8) is 0 Å². The zero-order chi connectivity index (χ0) is 17.8. The van der Waals surface area contributed by atoms with E-state index in [0.717, 1.165) is 23.6 Å². The molecule has 0 atom stereocenters. The van der Waals surface area contributed by atoms with E-state index in [1.165, 1.54) is 0 Å². The summed E-state index contributed by atoms with van der Waals surface area (Å²) in [4.78, 5) is 0. The molecule has 2 heterocycles. The van der Waals surface area contributed by atoms with Crippen molar-refractivity contribution in [3.8, 4) is 5.75 Å². The SMILES string of the molecule is CCc1n[nH]c(=S)n1N=Cc1ccc(COc2ccc(Cl)c(C)c2)o1. The van der Waals surface area contributed by atoms with Crippen LogP contribution in [0.3, 0.4) is 0 Å². The second kappa shape index (κ2) is 7.67. The second-order valence-corrected chi connectivity index (χ2v) is 6.15. The number of hydrogen-bond acceptors (Lipinski definition) is 5. The van der Waals surface area contributed by atoms with Gasteiger partial charge in [-0.25, -0.2) is 0 Å². The number of hydrogen-bond donors (Lipinski definition) is 1. The molecule has 130 valence electrons. The zero-order valence-corrected chi connectivity index (χ0v) is 15.4. The summed E-state index contributed by atoms with van der Waals surface area (Å²) >= 11 is 11.2. The summed E-state index contributed by atoms with van der Waals surface area (Å²) in [7, 11) is 0. The van der Waals surface area contributed by atoms with Crippen LogP contribution in [0, 0.1) is 11.7 Å². The molecule has 3 aromatic rings. The van der Waals surface area contributed by atoms with Gasteiger partial charge in [0.15, 0.2) is 5.82 Å². The molecule has 0 radical (unpaired) electrons. The molecule has 0 fully saturated rings. The van der Waals surface area contributed by atoms with Crippen molar-refractivity contribution in [1.82, 2.24) is 14.9 Å². The fourth-order valence-corrected chi connectivity index (χ4v) is 2.51. The fraction of sp³-hybridized carbons (Fsp3) is 0.235. The Labute approximate surface area is 155 Å². The zero-order valence-electron chi connectivity index (χ0n) is 13.8. The molecule has 0 aliphatic rings. The van der Waals surface area contributed by atoms with Crippen LogP contribution >= 0.6 is 23.8 Å². The molecule has 0 bridgehead atoms. The van der Waals surface area contributed by atoms with E-state index in [9.17, 15) is 0 Å². The maximum atomic E-state index is 6.01. The van der Waals surface area contributed by atoms with Crippen molar-refractivity contribution < 1.29 is 9.15 Å². The van der Waals surface area contributed by atoms with Crippen LogP contribution in [0.25, 0.3) is 0 Å². The molecule has 0 aliphatic carbocycles. The Balaban J connectivity index is 1.66. The topological polar surface area (TPSA) is 68.3 Å². The third kappa shape index (κ3) is 4.18. The molecule has 0 saturated heterocycles. The number of nitrogens with one attached hydrogen (secondary N) is 1. The molecule has 0 unspecified atom stereocenters. The van der Waals surface area contributed by atoms with Gasteiger partial charge in [-0.15, -0.1) is 0 Å². The molecular formula is C17H17ClN4O2S. The Hall–Kier alpha value is -2.38. The van der Waals surface area contributed by atoms with E-state index in [0.29, 0.717) is 27.9 Å². The average Bonchev–Trinajstić information content (AvgIpc) is 3.20. The molecule has 1 N–H and O–H groups in total. The summed E-state index contributed by atoms with van der Waals surface area (Å²) in [6, 6.07) is 9.20. The summed E-state index contributed by atoms with van der Waals surface area (Å²) in [6.45, 7) is 4.24. The van der Waals surface area contributed by atoms with Crippen LogP contribution < -0.4 is 4.74 Å². The van der Waals surface area contributed by atoms with E-state index in [-0.39, 0.29) is 0 Å². The molecule has 8 heteroatoms. The third-order valence-corrected chi connectivity index (χ3v) is 4.22. The van der Waals surface area contributed by atoms with Gasteiger partial charge >= 0.3 is 0 Å². The molecule has 0 amide bonds. The summed E-state index contributed by atoms with van der Waals surface area (Å²) in [6.07, 6.45) is 2.32. The van der Waals surface area contributed by atoms with E-state index in [1.807, 2.05) is 44.2 Å². The minimum Gasteiger partial charge on any atom is -0.486 e. The van der Waals surface area contributed by atoms with Crippen LogP contribution in [0.1, 0.15) is 29.8 Å². The molecular weight excluding hydrogens is 360 g/mol. The Morgan fingerprint density at radius 2 is 2.24 bits per heavy atom. The van der Waals surface area contributed by atoms with Crippen molar-refractivity contribution in [2.75, 3.05) is 0 Å². The number of aromatic amines is 1. The number of nitrogens with zero attached hydrogens (tertiary/aromatic N) is 3. The lowest BCUT2D eigenvalue weighted by atomic mass is 10.2. The maximum Gasteiger partial charge on any atom is 0.216 e. The van der Waals surface area contributed by atoms with Gasteiger partial charge in [-0.1, -0.05) is 18.5 Å². The van der Waals surface area contributed by atoms with Gasteiger partial charge in [0.1, 0.15) is 23.9 Å². The van der Waals surface area contributed by atoms with Crippen LogP contribution in [0.5, 0.6) is 5.75 Å². The minimum atomic E-state index is 0.320. The first-order valence-electron chi connectivity index (χ1n) is 7.75. The van der Waals surface area contributed by atoms with Crippen molar-refractivity contribution in [2.45, 2.75) is 26.9 Å². The number of benzene rings is 1. The minimum absolute atomic E-state index is 0.320. The molecule has 6 nitrogen and oxygen atoms in total. The first-order chi connectivity index (χ1) is 12.1. The lowest BCUT2D eigenvalue weighted by molar-refractivity contribution is 0.269. The van der Waals surface area contributed by atoms with Crippen molar-refractivity contribution in [2.24, 2.45) is 5.10 Å².